The smallest absolute Gasteiger partial charge is 0.291 e. The van der Waals surface area contributed by atoms with Gasteiger partial charge in [-0.25, -0.2) is 0 Å². The largest absolute Gasteiger partial charge is 0.493 e. The maximum absolute atomic E-state index is 12.8. The average molecular weight is 432 g/mol. The molecule has 0 N–H and O–H groups in total. The van der Waals surface area contributed by atoms with Gasteiger partial charge in [-0.15, -0.1) is 5.10 Å². The summed E-state index contributed by atoms with van der Waals surface area (Å²) in [6, 6.07) is 12.7. The standard InChI is InChI=1S/C20H15Cl2N3O2S/c1-2-9-27-16-6-4-3-5-12(16)10-17-19(26)25-20(28-17)23-18(24-25)14-8-7-13(21)11-15(14)22/h3-8,10-11H,2,9H2,1H3/b17-10-. The third-order valence-electron chi connectivity index (χ3n) is 4.02. The van der Waals surface area contributed by atoms with Crippen molar-refractivity contribution in [3.63, 3.8) is 0 Å². The Kier molecular flexibility index (Phi) is 5.35. The summed E-state index contributed by atoms with van der Waals surface area (Å²) in [4.78, 5) is 17.8. The third kappa shape index (κ3) is 3.63. The molecular formula is C20H15Cl2N3O2S. The van der Waals surface area contributed by atoms with Crippen LogP contribution in [0.3, 0.4) is 0 Å². The van der Waals surface area contributed by atoms with Gasteiger partial charge in [-0.2, -0.15) is 9.50 Å². The van der Waals surface area contributed by atoms with Gasteiger partial charge in [-0.1, -0.05) is 59.7 Å². The Bertz CT molecular complexity index is 1270. The van der Waals surface area contributed by atoms with Crippen molar-refractivity contribution in [2.24, 2.45) is 0 Å². The summed E-state index contributed by atoms with van der Waals surface area (Å²) in [6.07, 6.45) is 2.72. The van der Waals surface area contributed by atoms with E-state index in [2.05, 4.69) is 10.1 Å². The molecule has 0 aliphatic carbocycles. The molecule has 8 heteroatoms. The van der Waals surface area contributed by atoms with E-state index in [0.717, 1.165) is 17.7 Å². The molecule has 0 atom stereocenters. The number of nitrogens with zero attached hydrogens (tertiary/aromatic N) is 3. The molecule has 0 aliphatic heterocycles. The highest BCUT2D eigenvalue weighted by molar-refractivity contribution is 7.15. The van der Waals surface area contributed by atoms with Crippen LogP contribution in [0.1, 0.15) is 18.9 Å². The molecule has 4 rings (SSSR count). The molecule has 2 aromatic heterocycles. The number of aromatic nitrogens is 3. The average Bonchev–Trinajstić information content (AvgIpc) is 3.21. The lowest BCUT2D eigenvalue weighted by atomic mass is 10.2. The molecule has 4 aromatic rings. The molecular weight excluding hydrogens is 417 g/mol. The highest BCUT2D eigenvalue weighted by Gasteiger charge is 2.14. The Morgan fingerprint density at radius 2 is 2.04 bits per heavy atom. The van der Waals surface area contributed by atoms with E-state index >= 15 is 0 Å². The minimum absolute atomic E-state index is 0.228. The molecule has 142 valence electrons. The van der Waals surface area contributed by atoms with Crippen LogP contribution in [0, 0.1) is 0 Å². The first-order valence-corrected chi connectivity index (χ1v) is 10.2. The fraction of sp³-hybridized carbons (Fsp3) is 0.150. The minimum Gasteiger partial charge on any atom is -0.493 e. The van der Waals surface area contributed by atoms with Crippen molar-refractivity contribution in [1.29, 1.82) is 0 Å². The summed E-state index contributed by atoms with van der Waals surface area (Å²) in [7, 11) is 0. The van der Waals surface area contributed by atoms with Crippen molar-refractivity contribution in [2.45, 2.75) is 13.3 Å². The van der Waals surface area contributed by atoms with E-state index in [1.807, 2.05) is 37.3 Å². The van der Waals surface area contributed by atoms with Crippen LogP contribution in [0.2, 0.25) is 10.0 Å². The first-order valence-electron chi connectivity index (χ1n) is 8.65. The van der Waals surface area contributed by atoms with Crippen molar-refractivity contribution >= 4 is 45.6 Å². The maximum atomic E-state index is 12.8. The molecule has 0 spiro atoms. The maximum Gasteiger partial charge on any atom is 0.291 e. The Labute approximate surface area is 174 Å². The van der Waals surface area contributed by atoms with Gasteiger partial charge >= 0.3 is 0 Å². The van der Waals surface area contributed by atoms with Gasteiger partial charge in [-0.3, -0.25) is 4.79 Å². The van der Waals surface area contributed by atoms with Gasteiger partial charge in [0.25, 0.3) is 5.56 Å². The second kappa shape index (κ2) is 7.91. The molecule has 0 unspecified atom stereocenters. The molecule has 0 saturated carbocycles. The van der Waals surface area contributed by atoms with E-state index in [9.17, 15) is 4.79 Å². The molecule has 5 nitrogen and oxygen atoms in total. The number of hydrogen-bond donors (Lipinski definition) is 0. The van der Waals surface area contributed by atoms with E-state index < -0.39 is 0 Å². The van der Waals surface area contributed by atoms with Crippen LogP contribution in [0.15, 0.2) is 47.3 Å². The molecule has 2 heterocycles. The van der Waals surface area contributed by atoms with E-state index in [1.165, 1.54) is 15.9 Å². The number of thiazole rings is 1. The zero-order valence-corrected chi connectivity index (χ0v) is 17.2. The number of para-hydroxylation sites is 1. The zero-order valence-electron chi connectivity index (χ0n) is 14.9. The van der Waals surface area contributed by atoms with Crippen LogP contribution in [0.5, 0.6) is 5.75 Å². The van der Waals surface area contributed by atoms with Gasteiger partial charge < -0.3 is 4.74 Å². The molecule has 0 radical (unpaired) electrons. The number of fused-ring (bicyclic) bond motifs is 1. The highest BCUT2D eigenvalue weighted by Crippen LogP contribution is 2.28. The summed E-state index contributed by atoms with van der Waals surface area (Å²) in [6.45, 7) is 2.67. The number of ether oxygens (including phenoxy) is 1. The van der Waals surface area contributed by atoms with E-state index in [0.29, 0.717) is 37.5 Å². The highest BCUT2D eigenvalue weighted by atomic mass is 35.5. The van der Waals surface area contributed by atoms with E-state index in [4.69, 9.17) is 27.9 Å². The van der Waals surface area contributed by atoms with Gasteiger partial charge in [0.05, 0.1) is 16.2 Å². The zero-order chi connectivity index (χ0) is 19.7. The molecule has 2 aromatic carbocycles. The Morgan fingerprint density at radius 1 is 1.21 bits per heavy atom. The first-order chi connectivity index (χ1) is 13.6. The Morgan fingerprint density at radius 3 is 2.79 bits per heavy atom. The third-order valence-corrected chi connectivity index (χ3v) is 5.53. The molecule has 0 aliphatic rings. The van der Waals surface area contributed by atoms with E-state index in [1.54, 1.807) is 18.2 Å². The van der Waals surface area contributed by atoms with Gasteiger partial charge in [-0.05, 0) is 36.8 Å². The van der Waals surface area contributed by atoms with Crippen molar-refractivity contribution in [2.75, 3.05) is 6.61 Å². The molecule has 0 bridgehead atoms. The van der Waals surface area contributed by atoms with Crippen LogP contribution in [-0.4, -0.2) is 21.2 Å². The van der Waals surface area contributed by atoms with Crippen LogP contribution in [0.4, 0.5) is 0 Å². The quantitative estimate of drug-likeness (QED) is 0.467. The fourth-order valence-corrected chi connectivity index (χ4v) is 4.09. The number of hydrogen-bond acceptors (Lipinski definition) is 5. The summed E-state index contributed by atoms with van der Waals surface area (Å²) in [5.74, 6) is 1.14. The first kappa shape index (κ1) is 18.9. The second-order valence-corrected chi connectivity index (χ2v) is 7.91. The van der Waals surface area contributed by atoms with Crippen molar-refractivity contribution in [3.8, 4) is 17.1 Å². The minimum atomic E-state index is -0.228. The lowest BCUT2D eigenvalue weighted by Gasteiger charge is -2.07. The Balaban J connectivity index is 1.77. The predicted molar refractivity (Wildman–Crippen MR) is 114 cm³/mol. The normalized spacial score (nSPS) is 12.0. The van der Waals surface area contributed by atoms with Crippen molar-refractivity contribution in [3.05, 3.63) is 73.0 Å². The van der Waals surface area contributed by atoms with Crippen molar-refractivity contribution in [1.82, 2.24) is 14.6 Å². The number of benzene rings is 2. The van der Waals surface area contributed by atoms with Crippen LogP contribution in [-0.2, 0) is 0 Å². The Hall–Kier alpha value is -2.41. The van der Waals surface area contributed by atoms with E-state index in [-0.39, 0.29) is 5.56 Å². The van der Waals surface area contributed by atoms with Gasteiger partial charge in [0.2, 0.25) is 4.96 Å². The van der Waals surface area contributed by atoms with Crippen LogP contribution in [0.25, 0.3) is 22.4 Å². The summed E-state index contributed by atoms with van der Waals surface area (Å²) in [5, 5.41) is 5.30. The topological polar surface area (TPSA) is 56.5 Å². The number of rotatable bonds is 5. The summed E-state index contributed by atoms with van der Waals surface area (Å²) >= 11 is 13.4. The van der Waals surface area contributed by atoms with Crippen molar-refractivity contribution < 1.29 is 4.74 Å². The monoisotopic (exact) mass is 431 g/mol. The number of halogens is 2. The van der Waals surface area contributed by atoms with Gasteiger partial charge in [0.1, 0.15) is 5.75 Å². The SMILES string of the molecule is CCCOc1ccccc1/C=c1\sc2nc(-c3ccc(Cl)cc3Cl)nn2c1=O. The lowest BCUT2D eigenvalue weighted by molar-refractivity contribution is 0.317. The summed E-state index contributed by atoms with van der Waals surface area (Å²) < 4.78 is 7.60. The summed E-state index contributed by atoms with van der Waals surface area (Å²) in [5.41, 5.74) is 1.25. The lowest BCUT2D eigenvalue weighted by Crippen LogP contribution is -2.23. The molecule has 0 amide bonds. The molecule has 0 fully saturated rings. The fourth-order valence-electron chi connectivity index (χ4n) is 2.70. The molecule has 0 saturated heterocycles. The van der Waals surface area contributed by atoms with Crippen LogP contribution < -0.4 is 14.8 Å². The van der Waals surface area contributed by atoms with Gasteiger partial charge in [0, 0.05) is 16.1 Å². The predicted octanol–water partition coefficient (Wildman–Crippen LogP) is 4.46. The second-order valence-electron chi connectivity index (χ2n) is 6.06. The van der Waals surface area contributed by atoms with Crippen LogP contribution >= 0.6 is 34.5 Å². The molecule has 28 heavy (non-hydrogen) atoms. The van der Waals surface area contributed by atoms with Gasteiger partial charge in [0.15, 0.2) is 5.82 Å².